The Morgan fingerprint density at radius 2 is 1.32 bits per heavy atom. The molecule has 4 rings (SSSR count). The van der Waals surface area contributed by atoms with Crippen LogP contribution in [0.15, 0.2) is 60.9 Å². The summed E-state index contributed by atoms with van der Waals surface area (Å²) in [7, 11) is 0. The number of rotatable bonds is 13. The molecule has 0 radical (unpaired) electrons. The third-order valence-electron chi connectivity index (χ3n) is 7.17. The van der Waals surface area contributed by atoms with Gasteiger partial charge in [0.25, 0.3) is 0 Å². The Morgan fingerprint density at radius 1 is 0.706 bits per heavy atom. The Morgan fingerprint density at radius 3 is 1.97 bits per heavy atom. The van der Waals surface area contributed by atoms with Crippen molar-refractivity contribution in [2.75, 3.05) is 6.61 Å². The van der Waals surface area contributed by atoms with Gasteiger partial charge in [-0.05, 0) is 53.9 Å². The summed E-state index contributed by atoms with van der Waals surface area (Å²) in [5.41, 5.74) is 6.07. The Hall–Kier alpha value is -2.68. The van der Waals surface area contributed by atoms with E-state index in [-0.39, 0.29) is 0 Å². The molecule has 0 N–H and O–H groups in total. The minimum Gasteiger partial charge on any atom is -0.463 e. The Kier molecular flexibility index (Phi) is 9.54. The molecule has 0 saturated heterocycles. The van der Waals surface area contributed by atoms with Gasteiger partial charge >= 0.3 is 6.01 Å². The molecule has 2 aromatic carbocycles. The minimum atomic E-state index is 0.482. The highest BCUT2D eigenvalue weighted by Crippen LogP contribution is 2.29. The zero-order valence-electron chi connectivity index (χ0n) is 20.8. The van der Waals surface area contributed by atoms with Gasteiger partial charge in [0.05, 0.1) is 6.61 Å². The lowest BCUT2D eigenvalue weighted by molar-refractivity contribution is 0.277. The summed E-state index contributed by atoms with van der Waals surface area (Å²) in [6, 6.07) is 18.2. The molecule has 1 heterocycles. The van der Waals surface area contributed by atoms with Crippen LogP contribution in [0.1, 0.15) is 83.1 Å². The highest BCUT2D eigenvalue weighted by atomic mass is 16.5. The number of aryl methyl sites for hydroxylation is 1. The number of unbranched alkanes of at least 4 members (excludes halogenated alkanes) is 4. The standard InChI is InChI=1S/C31H40N2O/c1-2-3-4-5-10-26-14-16-27(17-15-26)28-18-20-29(21-19-28)30-23-32-31(33-24-30)34-22-9-8-13-25-11-6-7-12-25/h14-21,23-25H,2-13,22H2,1H3. The van der Waals surface area contributed by atoms with Crippen LogP contribution in [-0.4, -0.2) is 16.6 Å². The number of hydrogen-bond donors (Lipinski definition) is 0. The fourth-order valence-electron chi connectivity index (χ4n) is 5.01. The molecule has 1 saturated carbocycles. The fraction of sp³-hybridized carbons (Fsp3) is 0.484. The van der Waals surface area contributed by atoms with Crippen molar-refractivity contribution in [3.05, 3.63) is 66.5 Å². The van der Waals surface area contributed by atoms with E-state index in [1.54, 1.807) is 0 Å². The summed E-state index contributed by atoms with van der Waals surface area (Å²) in [5, 5.41) is 0. The van der Waals surface area contributed by atoms with E-state index in [9.17, 15) is 0 Å². The van der Waals surface area contributed by atoms with Gasteiger partial charge < -0.3 is 4.74 Å². The second kappa shape index (κ2) is 13.3. The van der Waals surface area contributed by atoms with Crippen LogP contribution in [-0.2, 0) is 6.42 Å². The average molecular weight is 457 g/mol. The molecule has 0 atom stereocenters. The normalized spacial score (nSPS) is 13.9. The van der Waals surface area contributed by atoms with Crippen LogP contribution in [0.25, 0.3) is 22.3 Å². The number of nitrogens with zero attached hydrogens (tertiary/aromatic N) is 2. The predicted molar refractivity (Wildman–Crippen MR) is 142 cm³/mol. The lowest BCUT2D eigenvalue weighted by Gasteiger charge is -2.09. The molecule has 3 heteroatoms. The summed E-state index contributed by atoms with van der Waals surface area (Å²) < 4.78 is 5.76. The van der Waals surface area contributed by atoms with E-state index in [0.717, 1.165) is 23.5 Å². The predicted octanol–water partition coefficient (Wildman–Crippen LogP) is 8.67. The van der Waals surface area contributed by atoms with Crippen LogP contribution in [0.4, 0.5) is 0 Å². The summed E-state index contributed by atoms with van der Waals surface area (Å²) in [4.78, 5) is 8.85. The van der Waals surface area contributed by atoms with Crippen LogP contribution < -0.4 is 4.74 Å². The van der Waals surface area contributed by atoms with Gasteiger partial charge in [-0.3, -0.25) is 0 Å². The smallest absolute Gasteiger partial charge is 0.316 e. The van der Waals surface area contributed by atoms with Crippen molar-refractivity contribution in [1.82, 2.24) is 9.97 Å². The topological polar surface area (TPSA) is 35.0 Å². The second-order valence-corrected chi connectivity index (χ2v) is 9.83. The molecule has 0 unspecified atom stereocenters. The lowest BCUT2D eigenvalue weighted by Crippen LogP contribution is -2.02. The van der Waals surface area contributed by atoms with E-state index < -0.39 is 0 Å². The molecule has 3 aromatic rings. The molecule has 0 amide bonds. The van der Waals surface area contributed by atoms with Crippen molar-refractivity contribution in [3.8, 4) is 28.3 Å². The first-order valence-electron chi connectivity index (χ1n) is 13.5. The first kappa shape index (κ1) is 24.4. The Labute approximate surface area is 206 Å². The highest BCUT2D eigenvalue weighted by molar-refractivity contribution is 5.69. The number of benzene rings is 2. The summed E-state index contributed by atoms with van der Waals surface area (Å²) in [6.07, 6.45) is 19.5. The van der Waals surface area contributed by atoms with Crippen LogP contribution in [0, 0.1) is 5.92 Å². The van der Waals surface area contributed by atoms with Gasteiger partial charge in [-0.2, -0.15) is 0 Å². The van der Waals surface area contributed by atoms with Crippen LogP contribution in [0.5, 0.6) is 6.01 Å². The van der Waals surface area contributed by atoms with E-state index in [1.807, 2.05) is 12.4 Å². The molecule has 1 aromatic heterocycles. The number of aromatic nitrogens is 2. The zero-order valence-corrected chi connectivity index (χ0v) is 20.8. The third kappa shape index (κ3) is 7.41. The van der Waals surface area contributed by atoms with Gasteiger partial charge in [0.15, 0.2) is 0 Å². The lowest BCUT2D eigenvalue weighted by atomic mass is 9.99. The van der Waals surface area contributed by atoms with Gasteiger partial charge in [-0.15, -0.1) is 0 Å². The van der Waals surface area contributed by atoms with E-state index in [4.69, 9.17) is 4.74 Å². The van der Waals surface area contributed by atoms with Crippen molar-refractivity contribution in [3.63, 3.8) is 0 Å². The second-order valence-electron chi connectivity index (χ2n) is 9.83. The van der Waals surface area contributed by atoms with Crippen molar-refractivity contribution >= 4 is 0 Å². The van der Waals surface area contributed by atoms with Crippen molar-refractivity contribution in [1.29, 1.82) is 0 Å². The average Bonchev–Trinajstić information content (AvgIpc) is 3.41. The van der Waals surface area contributed by atoms with E-state index in [1.165, 1.54) is 87.3 Å². The van der Waals surface area contributed by atoms with Crippen molar-refractivity contribution in [2.24, 2.45) is 5.92 Å². The van der Waals surface area contributed by atoms with E-state index in [0.29, 0.717) is 12.6 Å². The van der Waals surface area contributed by atoms with Gasteiger partial charge in [-0.1, -0.05) is 107 Å². The molecule has 3 nitrogen and oxygen atoms in total. The summed E-state index contributed by atoms with van der Waals surface area (Å²) in [5.74, 6) is 0.960. The maximum atomic E-state index is 5.76. The number of ether oxygens (including phenoxy) is 1. The van der Waals surface area contributed by atoms with Crippen LogP contribution in [0.3, 0.4) is 0 Å². The largest absolute Gasteiger partial charge is 0.463 e. The van der Waals surface area contributed by atoms with Crippen LogP contribution in [0.2, 0.25) is 0 Å². The monoisotopic (exact) mass is 456 g/mol. The molecule has 34 heavy (non-hydrogen) atoms. The Bertz CT molecular complexity index is 958. The molecular weight excluding hydrogens is 416 g/mol. The fourth-order valence-corrected chi connectivity index (χ4v) is 5.01. The minimum absolute atomic E-state index is 0.482. The van der Waals surface area contributed by atoms with Gasteiger partial charge in [0, 0.05) is 18.0 Å². The molecule has 1 fully saturated rings. The molecule has 0 spiro atoms. The van der Waals surface area contributed by atoms with E-state index in [2.05, 4.69) is 65.4 Å². The van der Waals surface area contributed by atoms with Crippen LogP contribution >= 0.6 is 0 Å². The quantitative estimate of drug-likeness (QED) is 0.241. The Balaban J connectivity index is 1.23. The number of hydrogen-bond acceptors (Lipinski definition) is 3. The maximum absolute atomic E-state index is 5.76. The summed E-state index contributed by atoms with van der Waals surface area (Å²) >= 11 is 0. The summed E-state index contributed by atoms with van der Waals surface area (Å²) in [6.45, 7) is 2.97. The van der Waals surface area contributed by atoms with Gasteiger partial charge in [-0.25, -0.2) is 9.97 Å². The first-order valence-corrected chi connectivity index (χ1v) is 13.5. The molecule has 180 valence electrons. The first-order chi connectivity index (χ1) is 16.8. The molecule has 0 bridgehead atoms. The molecule has 1 aliphatic rings. The van der Waals surface area contributed by atoms with Gasteiger partial charge in [0.1, 0.15) is 0 Å². The molecule has 1 aliphatic carbocycles. The molecular formula is C31H40N2O. The van der Waals surface area contributed by atoms with Crippen molar-refractivity contribution < 1.29 is 4.74 Å². The molecule has 0 aliphatic heterocycles. The zero-order chi connectivity index (χ0) is 23.4. The van der Waals surface area contributed by atoms with E-state index >= 15 is 0 Å². The maximum Gasteiger partial charge on any atom is 0.316 e. The SMILES string of the molecule is CCCCCCc1ccc(-c2ccc(-c3cnc(OCCCCC4CCCC4)nc3)cc2)cc1. The van der Waals surface area contributed by atoms with Crippen molar-refractivity contribution in [2.45, 2.75) is 84.0 Å². The highest BCUT2D eigenvalue weighted by Gasteiger charge is 2.14. The van der Waals surface area contributed by atoms with Gasteiger partial charge in [0.2, 0.25) is 0 Å². The third-order valence-corrected chi connectivity index (χ3v) is 7.17.